The van der Waals surface area contributed by atoms with Crippen LogP contribution in [0.1, 0.15) is 6.92 Å². The lowest BCUT2D eigenvalue weighted by molar-refractivity contribution is -0.480. The molecule has 1 nitrogen and oxygen atoms in total. The lowest BCUT2D eigenvalue weighted by Gasteiger charge is -2.44. The predicted molar refractivity (Wildman–Crippen MR) is 42.4 cm³/mol. The highest BCUT2D eigenvalue weighted by Gasteiger charge is 2.93. The lowest BCUT2D eigenvalue weighted by Crippen LogP contribution is -2.76. The highest BCUT2D eigenvalue weighted by molar-refractivity contribution is 5.13. The first kappa shape index (κ1) is 21.0. The van der Waals surface area contributed by atoms with Crippen molar-refractivity contribution in [3.05, 3.63) is 0 Å². The van der Waals surface area contributed by atoms with Gasteiger partial charge in [0, 0.05) is 6.61 Å². The van der Waals surface area contributed by atoms with Gasteiger partial charge in [-0.3, -0.25) is 0 Å². The summed E-state index contributed by atoms with van der Waals surface area (Å²) in [6.45, 7) is -1.60. The summed E-state index contributed by atoms with van der Waals surface area (Å²) in [6.07, 6.45) is -22.0. The van der Waals surface area contributed by atoms with Crippen LogP contribution in [0, 0.1) is 0 Å². The summed E-state index contributed by atoms with van der Waals surface area (Å²) in [5, 5.41) is 0. The maximum atomic E-state index is 13.2. The number of alkyl halides is 13. The molecule has 0 aromatic heterocycles. The van der Waals surface area contributed by atoms with Gasteiger partial charge in [-0.2, -0.15) is 57.1 Å². The summed E-state index contributed by atoms with van der Waals surface area (Å²) < 4.78 is 165. The molecule has 0 bridgehead atoms. The van der Waals surface area contributed by atoms with E-state index in [4.69, 9.17) is 0 Å². The van der Waals surface area contributed by atoms with E-state index in [1.165, 1.54) is 0 Å². The van der Waals surface area contributed by atoms with E-state index in [-0.39, 0.29) is 6.92 Å². The van der Waals surface area contributed by atoms with Gasteiger partial charge in [-0.25, -0.2) is 0 Å². The zero-order valence-corrected chi connectivity index (χ0v) is 10.0. The van der Waals surface area contributed by atoms with Gasteiger partial charge in [-0.05, 0) is 6.92 Å². The first-order chi connectivity index (χ1) is 9.31. The quantitative estimate of drug-likeness (QED) is 0.656. The van der Waals surface area contributed by atoms with E-state index in [0.29, 0.717) is 0 Å². The van der Waals surface area contributed by atoms with Crippen LogP contribution in [-0.4, -0.2) is 42.6 Å². The Labute approximate surface area is 113 Å². The van der Waals surface area contributed by atoms with Gasteiger partial charge in [0.2, 0.25) is 0 Å². The highest BCUT2D eigenvalue weighted by Crippen LogP contribution is 2.61. The normalized spacial score (nSPS) is 16.1. The zero-order valence-electron chi connectivity index (χ0n) is 10.0. The molecule has 0 aliphatic carbocycles. The van der Waals surface area contributed by atoms with Gasteiger partial charge in [-0.1, -0.05) is 0 Å². The number of halogens is 13. The van der Waals surface area contributed by atoms with Crippen molar-refractivity contribution in [2.24, 2.45) is 0 Å². The Morgan fingerprint density at radius 1 is 0.545 bits per heavy atom. The molecular weight excluding hydrogens is 359 g/mol. The highest BCUT2D eigenvalue weighted by atomic mass is 19.4. The summed E-state index contributed by atoms with van der Waals surface area (Å²) in [5.41, 5.74) is -7.04. The molecule has 0 saturated heterocycles. The topological polar surface area (TPSA) is 9.23 Å². The predicted octanol–water partition coefficient (Wildman–Crippen LogP) is 4.72. The zero-order chi connectivity index (χ0) is 18.4. The average Bonchev–Trinajstić information content (AvgIpc) is 2.19. The second-order valence-corrected chi connectivity index (χ2v) is 3.76. The van der Waals surface area contributed by atoms with Crippen molar-refractivity contribution < 1.29 is 61.8 Å². The van der Waals surface area contributed by atoms with E-state index in [1.54, 1.807) is 0 Å². The Kier molecular flexibility index (Phi) is 5.07. The third-order valence-corrected chi connectivity index (χ3v) is 2.35. The van der Waals surface area contributed by atoms with E-state index < -0.39 is 42.6 Å². The summed E-state index contributed by atoms with van der Waals surface area (Å²) in [4.78, 5) is 0. The number of rotatable bonds is 4. The van der Waals surface area contributed by atoms with Crippen molar-refractivity contribution >= 4 is 0 Å². The molecule has 0 radical (unpaired) electrons. The Morgan fingerprint density at radius 2 is 0.864 bits per heavy atom. The van der Waals surface area contributed by atoms with Gasteiger partial charge < -0.3 is 4.74 Å². The van der Waals surface area contributed by atoms with E-state index in [1.807, 2.05) is 0 Å². The minimum Gasteiger partial charge on any atom is -0.354 e. The number of hydrogen-bond donors (Lipinski definition) is 0. The van der Waals surface area contributed by atoms with Gasteiger partial charge in [0.25, 0.3) is 0 Å². The third kappa shape index (κ3) is 2.69. The fraction of sp³-hybridized carbons (Fsp3) is 1.00. The van der Waals surface area contributed by atoms with Crippen molar-refractivity contribution in [1.29, 1.82) is 0 Å². The smallest absolute Gasteiger partial charge is 0.354 e. The Morgan fingerprint density at radius 3 is 1.05 bits per heavy atom. The molecule has 0 fully saturated rings. The molecule has 0 aliphatic heterocycles. The monoisotopic (exact) mass is 364 g/mol. The molecule has 0 N–H and O–H groups in total. The van der Waals surface area contributed by atoms with Crippen LogP contribution in [0.5, 0.6) is 0 Å². The molecule has 0 spiro atoms. The van der Waals surface area contributed by atoms with Crippen molar-refractivity contribution in [3.8, 4) is 0 Å². The Balaban J connectivity index is 6.69. The van der Waals surface area contributed by atoms with Crippen LogP contribution in [0.15, 0.2) is 0 Å². The average molecular weight is 364 g/mol. The Bertz CT molecular complexity index is 372. The van der Waals surface area contributed by atoms with Crippen LogP contribution in [0.2, 0.25) is 0 Å². The molecule has 0 aromatic carbocycles. The molecule has 134 valence electrons. The standard InChI is InChI=1S/C8H5F13O/c1-2-22-3(6(13,14)15,7(16,17)18)4(9,10)5(11,12)8(19,20)21/h2H2,1H3. The molecule has 0 amide bonds. The number of ether oxygens (including phenoxy) is 1. The maximum absolute atomic E-state index is 13.2. The van der Waals surface area contributed by atoms with Gasteiger partial charge in [-0.15, -0.1) is 0 Å². The fourth-order valence-electron chi connectivity index (χ4n) is 1.39. The van der Waals surface area contributed by atoms with Crippen molar-refractivity contribution in [2.75, 3.05) is 6.61 Å². The molecule has 14 heteroatoms. The van der Waals surface area contributed by atoms with E-state index >= 15 is 0 Å². The first-order valence-corrected chi connectivity index (χ1v) is 4.91. The first-order valence-electron chi connectivity index (χ1n) is 4.91. The number of hydrogen-bond acceptors (Lipinski definition) is 1. The second kappa shape index (κ2) is 5.30. The van der Waals surface area contributed by atoms with Crippen LogP contribution in [-0.2, 0) is 4.74 Å². The van der Waals surface area contributed by atoms with Gasteiger partial charge in [0.05, 0.1) is 0 Å². The van der Waals surface area contributed by atoms with Crippen molar-refractivity contribution in [3.63, 3.8) is 0 Å². The molecular formula is C8H5F13O. The van der Waals surface area contributed by atoms with E-state index in [0.717, 1.165) is 0 Å². The maximum Gasteiger partial charge on any atom is 0.460 e. The van der Waals surface area contributed by atoms with E-state index in [9.17, 15) is 57.1 Å². The largest absolute Gasteiger partial charge is 0.460 e. The van der Waals surface area contributed by atoms with E-state index in [2.05, 4.69) is 4.74 Å². The van der Waals surface area contributed by atoms with Crippen LogP contribution < -0.4 is 0 Å². The second-order valence-electron chi connectivity index (χ2n) is 3.76. The summed E-state index contributed by atoms with van der Waals surface area (Å²) in [5.74, 6) is -15.4. The molecule has 0 unspecified atom stereocenters. The summed E-state index contributed by atoms with van der Waals surface area (Å²) in [6, 6.07) is 0. The third-order valence-electron chi connectivity index (χ3n) is 2.35. The SMILES string of the molecule is CCOC(C(F)(F)F)(C(F)(F)F)C(F)(F)C(F)(F)C(F)(F)F. The minimum absolute atomic E-state index is 0.272. The molecule has 0 atom stereocenters. The molecule has 0 rings (SSSR count). The molecule has 0 aliphatic rings. The summed E-state index contributed by atoms with van der Waals surface area (Å²) >= 11 is 0. The van der Waals surface area contributed by atoms with Gasteiger partial charge in [0.15, 0.2) is 0 Å². The molecule has 22 heavy (non-hydrogen) atoms. The Hall–Kier alpha value is -0.950. The van der Waals surface area contributed by atoms with Gasteiger partial charge in [0.1, 0.15) is 0 Å². The molecule has 0 aromatic rings. The molecule has 0 heterocycles. The van der Waals surface area contributed by atoms with Crippen LogP contribution >= 0.6 is 0 Å². The molecule has 0 saturated carbocycles. The lowest BCUT2D eigenvalue weighted by atomic mass is 9.88. The van der Waals surface area contributed by atoms with Crippen LogP contribution in [0.3, 0.4) is 0 Å². The minimum atomic E-state index is -7.72. The fourth-order valence-corrected chi connectivity index (χ4v) is 1.39. The van der Waals surface area contributed by atoms with Crippen LogP contribution in [0.4, 0.5) is 57.1 Å². The summed E-state index contributed by atoms with van der Waals surface area (Å²) in [7, 11) is 0. The van der Waals surface area contributed by atoms with Crippen molar-refractivity contribution in [2.45, 2.75) is 42.9 Å². The van der Waals surface area contributed by atoms with Crippen molar-refractivity contribution in [1.82, 2.24) is 0 Å². The van der Waals surface area contributed by atoms with Gasteiger partial charge >= 0.3 is 36.0 Å². The van der Waals surface area contributed by atoms with Crippen LogP contribution in [0.25, 0.3) is 0 Å².